The van der Waals surface area contributed by atoms with Gasteiger partial charge in [-0.3, -0.25) is 4.79 Å². The minimum absolute atomic E-state index is 0.126. The largest absolute Gasteiger partial charge is 0.383 e. The molecule has 94 valence electrons. The molecule has 1 atom stereocenters. The highest BCUT2D eigenvalue weighted by molar-refractivity contribution is 5.81. The first kappa shape index (κ1) is 13.4. The van der Waals surface area contributed by atoms with E-state index in [1.54, 1.807) is 7.11 Å². The molecule has 3 N–H and O–H groups in total. The van der Waals surface area contributed by atoms with Crippen molar-refractivity contribution in [2.45, 2.75) is 25.3 Å². The third-order valence-corrected chi connectivity index (χ3v) is 2.86. The average molecular weight is 229 g/mol. The molecule has 1 amide bonds. The number of carbonyl (C=O) groups excluding carboxylic acids is 1. The van der Waals surface area contributed by atoms with Crippen LogP contribution >= 0.6 is 0 Å². The number of nitrogens with two attached hydrogens (primary N) is 1. The fourth-order valence-corrected chi connectivity index (χ4v) is 1.91. The second-order valence-corrected chi connectivity index (χ2v) is 4.26. The van der Waals surface area contributed by atoms with E-state index in [1.807, 2.05) is 0 Å². The summed E-state index contributed by atoms with van der Waals surface area (Å²) in [6.07, 6.45) is 3.88. The predicted molar refractivity (Wildman–Crippen MR) is 63.2 cm³/mol. The molecule has 0 radical (unpaired) electrons. The van der Waals surface area contributed by atoms with Gasteiger partial charge in [-0.2, -0.15) is 0 Å². The molecule has 1 aliphatic rings. The van der Waals surface area contributed by atoms with E-state index in [-0.39, 0.29) is 12.5 Å². The van der Waals surface area contributed by atoms with E-state index in [1.165, 1.54) is 19.3 Å². The summed E-state index contributed by atoms with van der Waals surface area (Å²) in [5.74, 6) is -0.126. The number of ether oxygens (including phenoxy) is 1. The van der Waals surface area contributed by atoms with Gasteiger partial charge in [-0.25, -0.2) is 0 Å². The van der Waals surface area contributed by atoms with Gasteiger partial charge in [0.25, 0.3) is 0 Å². The van der Waals surface area contributed by atoms with Gasteiger partial charge in [-0.1, -0.05) is 6.42 Å². The second-order valence-electron chi connectivity index (χ2n) is 4.26. The predicted octanol–water partition coefficient (Wildman–Crippen LogP) is -0.438. The molecule has 1 heterocycles. The van der Waals surface area contributed by atoms with Crippen molar-refractivity contribution in [1.29, 1.82) is 0 Å². The number of likely N-dealkylation sites (tertiary alicyclic amines) is 1. The van der Waals surface area contributed by atoms with Crippen molar-refractivity contribution in [2.24, 2.45) is 5.73 Å². The SMILES string of the molecule is COCC(N)C(=O)NCCN1CCCCC1. The summed E-state index contributed by atoms with van der Waals surface area (Å²) < 4.78 is 4.82. The molecular weight excluding hydrogens is 206 g/mol. The van der Waals surface area contributed by atoms with Gasteiger partial charge in [0.05, 0.1) is 6.61 Å². The maximum atomic E-state index is 11.4. The fourth-order valence-electron chi connectivity index (χ4n) is 1.91. The first-order chi connectivity index (χ1) is 7.74. The van der Waals surface area contributed by atoms with E-state index >= 15 is 0 Å². The molecule has 16 heavy (non-hydrogen) atoms. The van der Waals surface area contributed by atoms with Crippen molar-refractivity contribution in [2.75, 3.05) is 39.9 Å². The van der Waals surface area contributed by atoms with E-state index in [2.05, 4.69) is 10.2 Å². The summed E-state index contributed by atoms with van der Waals surface area (Å²) in [6, 6.07) is -0.550. The van der Waals surface area contributed by atoms with E-state index in [0.717, 1.165) is 19.6 Å². The number of rotatable bonds is 6. The van der Waals surface area contributed by atoms with Crippen molar-refractivity contribution < 1.29 is 9.53 Å². The number of nitrogens with zero attached hydrogens (tertiary/aromatic N) is 1. The topological polar surface area (TPSA) is 67.6 Å². The number of carbonyl (C=O) groups is 1. The lowest BCUT2D eigenvalue weighted by Gasteiger charge is -2.26. The van der Waals surface area contributed by atoms with Crippen LogP contribution in [0.1, 0.15) is 19.3 Å². The number of hydrogen-bond acceptors (Lipinski definition) is 4. The van der Waals surface area contributed by atoms with Gasteiger partial charge in [-0.15, -0.1) is 0 Å². The Bertz CT molecular complexity index is 205. The Kier molecular flexibility index (Phi) is 6.37. The molecule has 0 saturated carbocycles. The Balaban J connectivity index is 2.07. The maximum absolute atomic E-state index is 11.4. The van der Waals surface area contributed by atoms with Crippen LogP contribution in [-0.4, -0.2) is 56.7 Å². The highest BCUT2D eigenvalue weighted by atomic mass is 16.5. The zero-order chi connectivity index (χ0) is 11.8. The Morgan fingerprint density at radius 3 is 2.75 bits per heavy atom. The lowest BCUT2D eigenvalue weighted by molar-refractivity contribution is -0.123. The third-order valence-electron chi connectivity index (χ3n) is 2.86. The molecule has 1 unspecified atom stereocenters. The lowest BCUT2D eigenvalue weighted by Crippen LogP contribution is -2.46. The molecule has 5 heteroatoms. The molecule has 1 saturated heterocycles. The van der Waals surface area contributed by atoms with E-state index in [0.29, 0.717) is 6.54 Å². The second kappa shape index (κ2) is 7.60. The normalized spacial score (nSPS) is 19.4. The molecule has 1 aliphatic heterocycles. The van der Waals surface area contributed by atoms with Crippen LogP contribution in [0.4, 0.5) is 0 Å². The van der Waals surface area contributed by atoms with Crippen molar-refractivity contribution in [3.8, 4) is 0 Å². The molecule has 0 aromatic carbocycles. The Morgan fingerprint density at radius 2 is 2.12 bits per heavy atom. The van der Waals surface area contributed by atoms with Gasteiger partial charge in [-0.05, 0) is 25.9 Å². The number of nitrogens with one attached hydrogen (secondary N) is 1. The Morgan fingerprint density at radius 1 is 1.44 bits per heavy atom. The smallest absolute Gasteiger partial charge is 0.239 e. The van der Waals surface area contributed by atoms with Gasteiger partial charge in [0.1, 0.15) is 6.04 Å². The van der Waals surface area contributed by atoms with Crippen LogP contribution in [0.2, 0.25) is 0 Å². The standard InChI is InChI=1S/C11H23N3O2/c1-16-9-10(12)11(15)13-5-8-14-6-3-2-4-7-14/h10H,2-9,12H2,1H3,(H,13,15). The summed E-state index contributed by atoms with van der Waals surface area (Å²) in [7, 11) is 1.54. The lowest BCUT2D eigenvalue weighted by atomic mass is 10.1. The summed E-state index contributed by atoms with van der Waals surface area (Å²) >= 11 is 0. The maximum Gasteiger partial charge on any atom is 0.239 e. The van der Waals surface area contributed by atoms with Crippen LogP contribution < -0.4 is 11.1 Å². The highest BCUT2D eigenvalue weighted by Gasteiger charge is 2.13. The first-order valence-corrected chi connectivity index (χ1v) is 5.98. The number of amides is 1. The zero-order valence-electron chi connectivity index (χ0n) is 10.1. The number of piperidine rings is 1. The van der Waals surface area contributed by atoms with E-state index in [9.17, 15) is 4.79 Å². The summed E-state index contributed by atoms with van der Waals surface area (Å²) in [5.41, 5.74) is 5.60. The first-order valence-electron chi connectivity index (χ1n) is 5.98. The van der Waals surface area contributed by atoms with Gasteiger partial charge >= 0.3 is 0 Å². The fraction of sp³-hybridized carbons (Fsp3) is 0.909. The third kappa shape index (κ3) is 4.92. The minimum atomic E-state index is -0.550. The van der Waals surface area contributed by atoms with Gasteiger partial charge < -0.3 is 20.7 Å². The molecule has 1 rings (SSSR count). The number of methoxy groups -OCH3 is 1. The molecule has 1 fully saturated rings. The molecular formula is C11H23N3O2. The van der Waals surface area contributed by atoms with Crippen molar-refractivity contribution in [3.63, 3.8) is 0 Å². The monoisotopic (exact) mass is 229 g/mol. The summed E-state index contributed by atoms with van der Waals surface area (Å²) in [4.78, 5) is 13.8. The van der Waals surface area contributed by atoms with Crippen molar-refractivity contribution in [3.05, 3.63) is 0 Å². The zero-order valence-corrected chi connectivity index (χ0v) is 10.1. The minimum Gasteiger partial charge on any atom is -0.383 e. The quantitative estimate of drug-likeness (QED) is 0.648. The van der Waals surface area contributed by atoms with Crippen LogP contribution in [0, 0.1) is 0 Å². The summed E-state index contributed by atoms with van der Waals surface area (Å²) in [5, 5.41) is 2.83. The van der Waals surface area contributed by atoms with Crippen molar-refractivity contribution in [1.82, 2.24) is 10.2 Å². The molecule has 0 aromatic heterocycles. The van der Waals surface area contributed by atoms with E-state index in [4.69, 9.17) is 10.5 Å². The molecule has 0 bridgehead atoms. The van der Waals surface area contributed by atoms with Gasteiger partial charge in [0.2, 0.25) is 5.91 Å². The van der Waals surface area contributed by atoms with Crippen LogP contribution in [0.5, 0.6) is 0 Å². The average Bonchev–Trinajstić information content (AvgIpc) is 2.30. The van der Waals surface area contributed by atoms with Crippen molar-refractivity contribution >= 4 is 5.91 Å². The van der Waals surface area contributed by atoms with Crippen LogP contribution in [0.25, 0.3) is 0 Å². The molecule has 5 nitrogen and oxygen atoms in total. The molecule has 0 aromatic rings. The van der Waals surface area contributed by atoms with E-state index < -0.39 is 6.04 Å². The molecule has 0 spiro atoms. The molecule has 0 aliphatic carbocycles. The van der Waals surface area contributed by atoms with Gasteiger partial charge in [0, 0.05) is 20.2 Å². The van der Waals surface area contributed by atoms with Crippen LogP contribution in [0.3, 0.4) is 0 Å². The van der Waals surface area contributed by atoms with Gasteiger partial charge in [0.15, 0.2) is 0 Å². The number of hydrogen-bond donors (Lipinski definition) is 2. The summed E-state index contributed by atoms with van der Waals surface area (Å²) in [6.45, 7) is 4.18. The van der Waals surface area contributed by atoms with Crippen LogP contribution in [-0.2, 0) is 9.53 Å². The Hall–Kier alpha value is -0.650. The Labute approximate surface area is 97.3 Å². The van der Waals surface area contributed by atoms with Crippen LogP contribution in [0.15, 0.2) is 0 Å². The highest BCUT2D eigenvalue weighted by Crippen LogP contribution is 2.07.